The van der Waals surface area contributed by atoms with Crippen LogP contribution in [0.1, 0.15) is 18.9 Å². The Balaban J connectivity index is 1.73. The Labute approximate surface area is 151 Å². The number of benzene rings is 1. The molecule has 0 amide bonds. The monoisotopic (exact) mass is 349 g/mol. The molecule has 5 nitrogen and oxygen atoms in total. The molecule has 2 N–H and O–H groups in total. The van der Waals surface area contributed by atoms with Gasteiger partial charge in [0.2, 0.25) is 0 Å². The molecule has 6 heteroatoms. The van der Waals surface area contributed by atoms with E-state index in [9.17, 15) is 4.39 Å². The summed E-state index contributed by atoms with van der Waals surface area (Å²) in [6, 6.07) is 6.76. The van der Waals surface area contributed by atoms with Gasteiger partial charge in [-0.05, 0) is 57.6 Å². The molecule has 140 valence electrons. The normalized spacial score (nSPS) is 17.3. The van der Waals surface area contributed by atoms with E-state index in [0.29, 0.717) is 0 Å². The van der Waals surface area contributed by atoms with E-state index in [1.165, 1.54) is 19.0 Å². The average molecular weight is 349 g/mol. The first-order chi connectivity index (χ1) is 12.2. The smallest absolute Gasteiger partial charge is 0.191 e. The Hall–Kier alpha value is -1.66. The number of hydrogen-bond donors (Lipinski definition) is 2. The van der Waals surface area contributed by atoms with Crippen LogP contribution in [0.2, 0.25) is 0 Å². The number of nitrogens with one attached hydrogen (secondary N) is 2. The van der Waals surface area contributed by atoms with Crippen molar-refractivity contribution in [2.45, 2.75) is 19.8 Å². The molecule has 1 saturated heterocycles. The third kappa shape index (κ3) is 7.84. The van der Waals surface area contributed by atoms with Gasteiger partial charge in [-0.15, -0.1) is 0 Å². The average Bonchev–Trinajstić information content (AvgIpc) is 2.79. The van der Waals surface area contributed by atoms with Gasteiger partial charge in [0, 0.05) is 32.7 Å². The van der Waals surface area contributed by atoms with Gasteiger partial charge < -0.3 is 20.4 Å². The largest absolute Gasteiger partial charge is 0.357 e. The fourth-order valence-electron chi connectivity index (χ4n) is 2.99. The molecular weight excluding hydrogens is 317 g/mol. The fourth-order valence-corrected chi connectivity index (χ4v) is 2.99. The summed E-state index contributed by atoms with van der Waals surface area (Å²) in [5, 5.41) is 6.61. The van der Waals surface area contributed by atoms with Crippen LogP contribution in [0.4, 0.5) is 4.39 Å². The van der Waals surface area contributed by atoms with E-state index >= 15 is 0 Å². The molecule has 0 spiro atoms. The summed E-state index contributed by atoms with van der Waals surface area (Å²) in [6.07, 6.45) is 2.01. The van der Waals surface area contributed by atoms with Gasteiger partial charge in [-0.2, -0.15) is 0 Å². The van der Waals surface area contributed by atoms with Gasteiger partial charge in [-0.25, -0.2) is 4.39 Å². The summed E-state index contributed by atoms with van der Waals surface area (Å²) in [4.78, 5) is 9.55. The Bertz CT molecular complexity index is 534. The zero-order chi connectivity index (χ0) is 17.9. The van der Waals surface area contributed by atoms with Gasteiger partial charge in [-0.3, -0.25) is 4.99 Å². The molecule has 0 bridgehead atoms. The molecule has 1 heterocycles. The molecule has 0 aromatic heterocycles. The molecule has 1 fully saturated rings. The molecule has 1 aliphatic heterocycles. The van der Waals surface area contributed by atoms with Crippen molar-refractivity contribution in [2.24, 2.45) is 4.99 Å². The van der Waals surface area contributed by atoms with Crippen molar-refractivity contribution in [3.05, 3.63) is 35.6 Å². The van der Waals surface area contributed by atoms with Crippen molar-refractivity contribution in [2.75, 3.05) is 59.4 Å². The summed E-state index contributed by atoms with van der Waals surface area (Å²) < 4.78 is 13.2. The maximum Gasteiger partial charge on any atom is 0.191 e. The number of guanidine groups is 1. The molecule has 1 aromatic carbocycles. The van der Waals surface area contributed by atoms with Gasteiger partial charge in [0.15, 0.2) is 5.96 Å². The Morgan fingerprint density at radius 1 is 1.20 bits per heavy atom. The van der Waals surface area contributed by atoms with Gasteiger partial charge in [0.1, 0.15) is 5.82 Å². The van der Waals surface area contributed by atoms with Crippen LogP contribution in [0, 0.1) is 5.82 Å². The molecule has 0 atom stereocenters. The van der Waals surface area contributed by atoms with Crippen molar-refractivity contribution in [3.8, 4) is 0 Å². The van der Waals surface area contributed by atoms with Crippen LogP contribution in [0.3, 0.4) is 0 Å². The van der Waals surface area contributed by atoms with Gasteiger partial charge in [-0.1, -0.05) is 12.1 Å². The first-order valence-electron chi connectivity index (χ1n) is 9.35. The molecule has 25 heavy (non-hydrogen) atoms. The summed E-state index contributed by atoms with van der Waals surface area (Å²) in [7, 11) is 2.19. The molecule has 2 rings (SSSR count). The lowest BCUT2D eigenvalue weighted by atomic mass is 10.1. The first kappa shape index (κ1) is 19.7. The summed E-state index contributed by atoms with van der Waals surface area (Å²) in [5.41, 5.74) is 0.997. The lowest BCUT2D eigenvalue weighted by Gasteiger charge is -2.19. The second-order valence-corrected chi connectivity index (χ2v) is 6.57. The zero-order valence-corrected chi connectivity index (χ0v) is 15.6. The second kappa shape index (κ2) is 11.1. The van der Waals surface area contributed by atoms with Crippen molar-refractivity contribution in [1.29, 1.82) is 0 Å². The van der Waals surface area contributed by atoms with E-state index in [2.05, 4.69) is 39.4 Å². The zero-order valence-electron chi connectivity index (χ0n) is 15.6. The number of halogens is 1. The predicted octanol–water partition coefficient (Wildman–Crippen LogP) is 1.56. The van der Waals surface area contributed by atoms with Crippen LogP contribution < -0.4 is 10.6 Å². The van der Waals surface area contributed by atoms with Crippen LogP contribution in [0.5, 0.6) is 0 Å². The SMILES string of the molecule is CCNC(=NCCN1CCCN(C)CC1)NCCc1cccc(F)c1. The summed E-state index contributed by atoms with van der Waals surface area (Å²) in [6.45, 7) is 10.0. The third-order valence-electron chi connectivity index (χ3n) is 4.44. The number of nitrogens with zero attached hydrogens (tertiary/aromatic N) is 3. The van der Waals surface area contributed by atoms with Crippen molar-refractivity contribution in [3.63, 3.8) is 0 Å². The lowest BCUT2D eigenvalue weighted by Crippen LogP contribution is -2.39. The Morgan fingerprint density at radius 3 is 2.88 bits per heavy atom. The van der Waals surface area contributed by atoms with Gasteiger partial charge in [0.05, 0.1) is 6.54 Å². The van der Waals surface area contributed by atoms with Crippen molar-refractivity contribution in [1.82, 2.24) is 20.4 Å². The van der Waals surface area contributed by atoms with E-state index in [4.69, 9.17) is 0 Å². The summed E-state index contributed by atoms with van der Waals surface area (Å²) in [5.74, 6) is 0.659. The van der Waals surface area contributed by atoms with E-state index in [-0.39, 0.29) is 5.82 Å². The molecular formula is C19H32FN5. The van der Waals surface area contributed by atoms with E-state index in [0.717, 1.165) is 63.8 Å². The molecule has 0 radical (unpaired) electrons. The van der Waals surface area contributed by atoms with Crippen LogP contribution in [-0.2, 0) is 6.42 Å². The van der Waals surface area contributed by atoms with Crippen LogP contribution in [0.15, 0.2) is 29.3 Å². The maximum absolute atomic E-state index is 13.2. The molecule has 0 unspecified atom stereocenters. The van der Waals surface area contributed by atoms with E-state index in [1.807, 2.05) is 6.07 Å². The number of hydrogen-bond acceptors (Lipinski definition) is 3. The van der Waals surface area contributed by atoms with Gasteiger partial charge in [0.25, 0.3) is 0 Å². The Kier molecular flexibility index (Phi) is 8.69. The first-order valence-corrected chi connectivity index (χ1v) is 9.35. The topological polar surface area (TPSA) is 42.9 Å². The van der Waals surface area contributed by atoms with Gasteiger partial charge >= 0.3 is 0 Å². The third-order valence-corrected chi connectivity index (χ3v) is 4.44. The number of likely N-dealkylation sites (N-methyl/N-ethyl adjacent to an activating group) is 1. The highest BCUT2D eigenvalue weighted by atomic mass is 19.1. The second-order valence-electron chi connectivity index (χ2n) is 6.57. The van der Waals surface area contributed by atoms with E-state index in [1.54, 1.807) is 12.1 Å². The standard InChI is InChI=1S/C19H32FN5/c1-3-21-19(22-9-8-17-6-4-7-18(20)16-17)23-10-13-25-12-5-11-24(2)14-15-25/h4,6-7,16H,3,5,8-15H2,1-2H3,(H2,21,22,23). The van der Waals surface area contributed by atoms with Crippen LogP contribution >= 0.6 is 0 Å². The van der Waals surface area contributed by atoms with Crippen LogP contribution in [0.25, 0.3) is 0 Å². The molecule has 1 aliphatic rings. The minimum absolute atomic E-state index is 0.179. The summed E-state index contributed by atoms with van der Waals surface area (Å²) >= 11 is 0. The Morgan fingerprint density at radius 2 is 2.08 bits per heavy atom. The number of aliphatic imine (C=N–C) groups is 1. The highest BCUT2D eigenvalue weighted by molar-refractivity contribution is 5.79. The fraction of sp³-hybridized carbons (Fsp3) is 0.632. The maximum atomic E-state index is 13.2. The minimum atomic E-state index is -0.179. The molecule has 0 aliphatic carbocycles. The van der Waals surface area contributed by atoms with Crippen LogP contribution in [-0.4, -0.2) is 75.2 Å². The lowest BCUT2D eigenvalue weighted by molar-refractivity contribution is 0.283. The predicted molar refractivity (Wildman–Crippen MR) is 103 cm³/mol. The number of rotatable bonds is 7. The molecule has 1 aromatic rings. The van der Waals surface area contributed by atoms with E-state index < -0.39 is 0 Å². The highest BCUT2D eigenvalue weighted by Gasteiger charge is 2.11. The van der Waals surface area contributed by atoms with Crippen molar-refractivity contribution >= 4 is 5.96 Å². The highest BCUT2D eigenvalue weighted by Crippen LogP contribution is 2.03. The van der Waals surface area contributed by atoms with Crippen molar-refractivity contribution < 1.29 is 4.39 Å². The quantitative estimate of drug-likeness (QED) is 0.579. The minimum Gasteiger partial charge on any atom is -0.357 e. The molecule has 0 saturated carbocycles.